The van der Waals surface area contributed by atoms with Crippen molar-refractivity contribution in [3.05, 3.63) is 53.1 Å². The average Bonchev–Trinajstić information content (AvgIpc) is 2.74. The summed E-state index contributed by atoms with van der Waals surface area (Å²) >= 11 is 5.98. The van der Waals surface area contributed by atoms with Crippen LogP contribution in [0, 0.1) is 0 Å². The van der Waals surface area contributed by atoms with Gasteiger partial charge >= 0.3 is 5.97 Å². The molecule has 168 valence electrons. The molecule has 1 atom stereocenters. The summed E-state index contributed by atoms with van der Waals surface area (Å²) in [5, 5.41) is 2.73. The first-order valence-corrected chi connectivity index (χ1v) is 11.5. The fourth-order valence-electron chi connectivity index (χ4n) is 2.50. The third kappa shape index (κ3) is 6.95. The number of carbonyl (C=O) groups is 2. The van der Waals surface area contributed by atoms with Crippen LogP contribution in [0.4, 0.5) is 5.69 Å². The molecule has 8 nitrogen and oxygen atoms in total. The number of rotatable bonds is 10. The number of amides is 1. The number of halogens is 1. The Hall–Kier alpha value is -2.62. The number of nitrogens with one attached hydrogen (secondary N) is 2. The molecule has 2 aromatic carbocycles. The molecule has 0 unspecified atom stereocenters. The minimum absolute atomic E-state index is 0.0936. The van der Waals surface area contributed by atoms with E-state index in [4.69, 9.17) is 21.1 Å². The summed E-state index contributed by atoms with van der Waals surface area (Å²) in [5.74, 6) is -0.670. The van der Waals surface area contributed by atoms with Crippen LogP contribution in [0.2, 0.25) is 5.02 Å². The van der Waals surface area contributed by atoms with Crippen LogP contribution in [0.5, 0.6) is 5.75 Å². The molecule has 0 radical (unpaired) electrons. The summed E-state index contributed by atoms with van der Waals surface area (Å²) in [7, 11) is -2.57. The normalized spacial score (nSPS) is 12.1. The fraction of sp³-hybridized carbons (Fsp3) is 0.333. The molecule has 2 rings (SSSR count). The van der Waals surface area contributed by atoms with Crippen LogP contribution < -0.4 is 14.8 Å². The summed E-state index contributed by atoms with van der Waals surface area (Å²) in [5.41, 5.74) is 0.771. The lowest BCUT2D eigenvalue weighted by molar-refractivity contribution is -0.117. The quantitative estimate of drug-likeness (QED) is 0.407. The van der Waals surface area contributed by atoms with E-state index in [2.05, 4.69) is 10.0 Å². The van der Waals surface area contributed by atoms with Crippen molar-refractivity contribution in [2.24, 2.45) is 0 Å². The highest BCUT2D eigenvalue weighted by Gasteiger charge is 2.23. The van der Waals surface area contributed by atoms with Crippen molar-refractivity contribution in [3.8, 4) is 5.75 Å². The number of hydrogen-bond donors (Lipinski definition) is 2. The zero-order valence-corrected chi connectivity index (χ0v) is 19.0. The maximum atomic E-state index is 12.5. The van der Waals surface area contributed by atoms with Crippen LogP contribution in [0.3, 0.4) is 0 Å². The van der Waals surface area contributed by atoms with Gasteiger partial charge in [0.1, 0.15) is 5.75 Å². The highest BCUT2D eigenvalue weighted by atomic mass is 35.5. The number of anilines is 1. The van der Waals surface area contributed by atoms with Gasteiger partial charge in [0.15, 0.2) is 0 Å². The highest BCUT2D eigenvalue weighted by molar-refractivity contribution is 7.89. The number of unbranched alkanes of at least 4 members (excludes halogenated alkanes) is 1. The lowest BCUT2D eigenvalue weighted by Crippen LogP contribution is -2.41. The summed E-state index contributed by atoms with van der Waals surface area (Å²) in [6, 6.07) is 9.07. The van der Waals surface area contributed by atoms with E-state index in [1.54, 1.807) is 12.1 Å². The second-order valence-corrected chi connectivity index (χ2v) is 8.82. The number of carbonyl (C=O) groups excluding carboxylic acids is 2. The van der Waals surface area contributed by atoms with Crippen LogP contribution in [0.1, 0.15) is 37.0 Å². The number of benzene rings is 2. The van der Waals surface area contributed by atoms with Crippen molar-refractivity contribution in [3.63, 3.8) is 0 Å². The van der Waals surface area contributed by atoms with Crippen LogP contribution in [-0.4, -0.2) is 40.1 Å². The van der Waals surface area contributed by atoms with Crippen molar-refractivity contribution in [2.75, 3.05) is 19.0 Å². The topological polar surface area (TPSA) is 111 Å². The molecule has 0 fully saturated rings. The van der Waals surface area contributed by atoms with Crippen LogP contribution >= 0.6 is 11.6 Å². The van der Waals surface area contributed by atoms with E-state index in [-0.39, 0.29) is 9.92 Å². The molecule has 0 saturated heterocycles. The second-order valence-electron chi connectivity index (χ2n) is 6.70. The average molecular weight is 469 g/mol. The third-order valence-electron chi connectivity index (χ3n) is 4.28. The number of hydrogen-bond acceptors (Lipinski definition) is 6. The van der Waals surface area contributed by atoms with Gasteiger partial charge in [0, 0.05) is 5.69 Å². The van der Waals surface area contributed by atoms with E-state index < -0.39 is 27.9 Å². The smallest absolute Gasteiger partial charge is 0.338 e. The SMILES string of the molecule is CCCCOC(=O)c1ccc(NC(=O)[C@@H](C)NS(=O)(=O)c2ccc(OC)c(Cl)c2)cc1. The van der Waals surface area contributed by atoms with E-state index >= 15 is 0 Å². The van der Waals surface area contributed by atoms with Crippen molar-refractivity contribution in [1.82, 2.24) is 4.72 Å². The molecule has 0 aliphatic rings. The van der Waals surface area contributed by atoms with Gasteiger partial charge in [-0.25, -0.2) is 13.2 Å². The van der Waals surface area contributed by atoms with Crippen molar-refractivity contribution in [2.45, 2.75) is 37.6 Å². The van der Waals surface area contributed by atoms with Gasteiger partial charge in [-0.1, -0.05) is 24.9 Å². The molecule has 0 aromatic heterocycles. The Bertz CT molecular complexity index is 1020. The standard InChI is InChI=1S/C21H25ClN2O6S/c1-4-5-12-30-21(26)15-6-8-16(9-7-15)23-20(25)14(2)24-31(27,28)17-10-11-19(29-3)18(22)13-17/h6-11,13-14,24H,4-5,12H2,1-3H3,(H,23,25)/t14-/m1/s1. The van der Waals surface area contributed by atoms with Gasteiger partial charge in [0.2, 0.25) is 15.9 Å². The largest absolute Gasteiger partial charge is 0.495 e. The second kappa shape index (κ2) is 11.1. The van der Waals surface area contributed by atoms with Gasteiger partial charge in [-0.2, -0.15) is 4.72 Å². The maximum absolute atomic E-state index is 12.5. The molecule has 0 aliphatic carbocycles. The molecular weight excluding hydrogens is 444 g/mol. The number of esters is 1. The molecule has 0 aliphatic heterocycles. The fourth-order valence-corrected chi connectivity index (χ4v) is 4.05. The number of ether oxygens (including phenoxy) is 2. The number of methoxy groups -OCH3 is 1. The Morgan fingerprint density at radius 3 is 2.39 bits per heavy atom. The van der Waals surface area contributed by atoms with Gasteiger partial charge in [-0.3, -0.25) is 4.79 Å². The molecule has 0 saturated carbocycles. The minimum Gasteiger partial charge on any atom is -0.495 e. The monoisotopic (exact) mass is 468 g/mol. The summed E-state index contributed by atoms with van der Waals surface area (Å²) in [4.78, 5) is 24.2. The molecule has 10 heteroatoms. The first-order chi connectivity index (χ1) is 14.7. The van der Waals surface area contributed by atoms with Crippen molar-refractivity contribution < 1.29 is 27.5 Å². The summed E-state index contributed by atoms with van der Waals surface area (Å²) < 4.78 is 37.5. The van der Waals surface area contributed by atoms with Gasteiger partial charge in [-0.15, -0.1) is 0 Å². The molecule has 31 heavy (non-hydrogen) atoms. The van der Waals surface area contributed by atoms with Gasteiger partial charge < -0.3 is 14.8 Å². The van der Waals surface area contributed by atoms with Gasteiger partial charge in [-0.05, 0) is 55.8 Å². The zero-order valence-electron chi connectivity index (χ0n) is 17.5. The first-order valence-electron chi connectivity index (χ1n) is 9.62. The van der Waals surface area contributed by atoms with E-state index in [0.717, 1.165) is 12.8 Å². The van der Waals surface area contributed by atoms with Gasteiger partial charge in [0.05, 0.1) is 35.2 Å². The maximum Gasteiger partial charge on any atom is 0.338 e. The summed E-state index contributed by atoms with van der Waals surface area (Å²) in [6.45, 7) is 3.76. The van der Waals surface area contributed by atoms with Crippen molar-refractivity contribution in [1.29, 1.82) is 0 Å². The van der Waals surface area contributed by atoms with E-state index in [9.17, 15) is 18.0 Å². The molecular formula is C21H25ClN2O6S. The Kier molecular flexibility index (Phi) is 8.85. The predicted octanol–water partition coefficient (Wildman–Crippen LogP) is 3.61. The van der Waals surface area contributed by atoms with E-state index in [1.807, 2.05) is 6.92 Å². The Balaban J connectivity index is 1.98. The molecule has 2 aromatic rings. The lowest BCUT2D eigenvalue weighted by atomic mass is 10.2. The molecule has 1 amide bonds. The van der Waals surface area contributed by atoms with Gasteiger partial charge in [0.25, 0.3) is 0 Å². The Labute approximate surface area is 186 Å². The van der Waals surface area contributed by atoms with E-state index in [0.29, 0.717) is 23.6 Å². The zero-order chi connectivity index (χ0) is 23.0. The predicted molar refractivity (Wildman–Crippen MR) is 118 cm³/mol. The molecule has 0 heterocycles. The van der Waals surface area contributed by atoms with Crippen LogP contribution in [0.25, 0.3) is 0 Å². The third-order valence-corrected chi connectivity index (χ3v) is 6.11. The summed E-state index contributed by atoms with van der Waals surface area (Å²) in [6.07, 6.45) is 1.71. The molecule has 0 spiro atoms. The Morgan fingerprint density at radius 1 is 1.13 bits per heavy atom. The first kappa shape index (κ1) is 24.6. The molecule has 0 bridgehead atoms. The molecule has 2 N–H and O–H groups in total. The van der Waals surface area contributed by atoms with Crippen molar-refractivity contribution >= 4 is 39.2 Å². The lowest BCUT2D eigenvalue weighted by Gasteiger charge is -2.15. The van der Waals surface area contributed by atoms with Crippen LogP contribution in [-0.2, 0) is 19.6 Å². The Morgan fingerprint density at radius 2 is 1.81 bits per heavy atom. The minimum atomic E-state index is -3.99. The van der Waals surface area contributed by atoms with Crippen LogP contribution in [0.15, 0.2) is 47.4 Å². The van der Waals surface area contributed by atoms with E-state index in [1.165, 1.54) is 44.4 Å². The highest BCUT2D eigenvalue weighted by Crippen LogP contribution is 2.27. The number of sulfonamides is 1.